The second-order valence-corrected chi connectivity index (χ2v) is 7.19. The topological polar surface area (TPSA) is 55.3 Å². The lowest BCUT2D eigenvalue weighted by Crippen LogP contribution is -2.34. The standard InChI is InChI=1S/C17H23N3O2S/c1-17(2,3)16-19-14(12-23-16)15(21)20(9-10-22-4)11-13-7-5-6-8-18-13/h5-8,12H,9-11H2,1-4H3. The summed E-state index contributed by atoms with van der Waals surface area (Å²) in [5.41, 5.74) is 1.29. The van der Waals surface area contributed by atoms with Gasteiger partial charge in [0.15, 0.2) is 0 Å². The van der Waals surface area contributed by atoms with Gasteiger partial charge >= 0.3 is 0 Å². The molecule has 5 nitrogen and oxygen atoms in total. The highest BCUT2D eigenvalue weighted by atomic mass is 32.1. The monoisotopic (exact) mass is 333 g/mol. The van der Waals surface area contributed by atoms with Crippen LogP contribution in [0.25, 0.3) is 0 Å². The highest BCUT2D eigenvalue weighted by Gasteiger charge is 2.23. The fraction of sp³-hybridized carbons (Fsp3) is 0.471. The van der Waals surface area contributed by atoms with Gasteiger partial charge in [0.1, 0.15) is 5.69 Å². The molecular weight excluding hydrogens is 310 g/mol. The van der Waals surface area contributed by atoms with Crippen LogP contribution in [0.3, 0.4) is 0 Å². The Hall–Kier alpha value is -1.79. The van der Waals surface area contributed by atoms with Crippen molar-refractivity contribution >= 4 is 17.2 Å². The third-order valence-electron chi connectivity index (χ3n) is 3.30. The Balaban J connectivity index is 2.17. The van der Waals surface area contributed by atoms with E-state index in [1.54, 1.807) is 18.2 Å². The molecule has 0 radical (unpaired) electrons. The summed E-state index contributed by atoms with van der Waals surface area (Å²) in [6.07, 6.45) is 1.73. The maximum atomic E-state index is 12.8. The lowest BCUT2D eigenvalue weighted by atomic mass is 9.98. The van der Waals surface area contributed by atoms with Crippen molar-refractivity contribution in [1.82, 2.24) is 14.9 Å². The van der Waals surface area contributed by atoms with Crippen molar-refractivity contribution < 1.29 is 9.53 Å². The Kier molecular flexibility index (Phi) is 5.85. The summed E-state index contributed by atoms with van der Waals surface area (Å²) in [6, 6.07) is 5.69. The molecule has 0 spiro atoms. The highest BCUT2D eigenvalue weighted by Crippen LogP contribution is 2.26. The van der Waals surface area contributed by atoms with Crippen molar-refractivity contribution in [3.8, 4) is 0 Å². The molecular formula is C17H23N3O2S. The number of hydrogen-bond donors (Lipinski definition) is 0. The molecule has 0 saturated carbocycles. The third kappa shape index (κ3) is 4.84. The number of aromatic nitrogens is 2. The second kappa shape index (κ2) is 7.66. The molecule has 0 aromatic carbocycles. The third-order valence-corrected chi connectivity index (χ3v) is 4.56. The van der Waals surface area contributed by atoms with Gasteiger partial charge in [-0.3, -0.25) is 9.78 Å². The first-order valence-electron chi connectivity index (χ1n) is 7.56. The van der Waals surface area contributed by atoms with E-state index in [1.807, 2.05) is 23.6 Å². The van der Waals surface area contributed by atoms with Gasteiger partial charge in [-0.2, -0.15) is 0 Å². The summed E-state index contributed by atoms with van der Waals surface area (Å²) in [4.78, 5) is 23.3. The van der Waals surface area contributed by atoms with Gasteiger partial charge < -0.3 is 9.64 Å². The van der Waals surface area contributed by atoms with E-state index < -0.39 is 0 Å². The number of thiazole rings is 1. The average molecular weight is 333 g/mol. The van der Waals surface area contributed by atoms with Gasteiger partial charge in [-0.25, -0.2) is 4.98 Å². The molecule has 0 N–H and O–H groups in total. The van der Waals surface area contributed by atoms with E-state index >= 15 is 0 Å². The molecule has 1 amide bonds. The van der Waals surface area contributed by atoms with E-state index in [0.29, 0.717) is 25.4 Å². The van der Waals surface area contributed by atoms with Crippen LogP contribution in [0, 0.1) is 0 Å². The first-order valence-corrected chi connectivity index (χ1v) is 8.44. The van der Waals surface area contributed by atoms with Crippen molar-refractivity contribution in [1.29, 1.82) is 0 Å². The molecule has 2 rings (SSSR count). The van der Waals surface area contributed by atoms with Crippen LogP contribution in [0.2, 0.25) is 0 Å². The predicted octanol–water partition coefficient (Wildman–Crippen LogP) is 3.12. The Morgan fingerprint density at radius 1 is 1.35 bits per heavy atom. The van der Waals surface area contributed by atoms with Gasteiger partial charge in [0.05, 0.1) is 23.9 Å². The normalized spacial score (nSPS) is 11.5. The molecule has 0 fully saturated rings. The molecule has 0 bridgehead atoms. The van der Waals surface area contributed by atoms with Gasteiger partial charge in [-0.05, 0) is 12.1 Å². The number of carbonyl (C=O) groups is 1. The molecule has 0 atom stereocenters. The first-order chi connectivity index (χ1) is 10.9. The minimum absolute atomic E-state index is 0.0540. The molecule has 2 heterocycles. The molecule has 0 aliphatic carbocycles. The Labute approximate surface area is 141 Å². The zero-order valence-electron chi connectivity index (χ0n) is 14.1. The van der Waals surface area contributed by atoms with E-state index in [4.69, 9.17) is 4.74 Å². The number of hydrogen-bond acceptors (Lipinski definition) is 5. The molecule has 2 aromatic heterocycles. The molecule has 0 aliphatic heterocycles. The lowest BCUT2D eigenvalue weighted by Gasteiger charge is -2.21. The number of carbonyl (C=O) groups excluding carboxylic acids is 1. The minimum Gasteiger partial charge on any atom is -0.383 e. The van der Waals surface area contributed by atoms with Crippen molar-refractivity contribution in [2.45, 2.75) is 32.7 Å². The number of amides is 1. The fourth-order valence-electron chi connectivity index (χ4n) is 2.02. The largest absolute Gasteiger partial charge is 0.383 e. The lowest BCUT2D eigenvalue weighted by molar-refractivity contribution is 0.0672. The van der Waals surface area contributed by atoms with Gasteiger partial charge in [0, 0.05) is 30.6 Å². The van der Waals surface area contributed by atoms with Crippen LogP contribution in [0.15, 0.2) is 29.8 Å². The van der Waals surface area contributed by atoms with Crippen LogP contribution in [0.5, 0.6) is 0 Å². The fourth-order valence-corrected chi connectivity index (χ4v) is 2.90. The van der Waals surface area contributed by atoms with E-state index in [0.717, 1.165) is 10.7 Å². The van der Waals surface area contributed by atoms with Crippen LogP contribution in [-0.4, -0.2) is 41.0 Å². The number of pyridine rings is 1. The van der Waals surface area contributed by atoms with Crippen molar-refractivity contribution in [2.75, 3.05) is 20.3 Å². The van der Waals surface area contributed by atoms with Crippen molar-refractivity contribution in [3.05, 3.63) is 46.2 Å². The van der Waals surface area contributed by atoms with Crippen molar-refractivity contribution in [3.63, 3.8) is 0 Å². The van der Waals surface area contributed by atoms with E-state index in [2.05, 4.69) is 30.7 Å². The van der Waals surface area contributed by atoms with E-state index in [9.17, 15) is 4.79 Å². The molecule has 2 aromatic rings. The van der Waals surface area contributed by atoms with Gasteiger partial charge in [0.2, 0.25) is 0 Å². The number of nitrogens with zero attached hydrogens (tertiary/aromatic N) is 3. The predicted molar refractivity (Wildman–Crippen MR) is 91.7 cm³/mol. The number of rotatable bonds is 6. The summed E-state index contributed by atoms with van der Waals surface area (Å²) < 4.78 is 5.12. The smallest absolute Gasteiger partial charge is 0.273 e. The van der Waals surface area contributed by atoms with Crippen LogP contribution in [0.1, 0.15) is 42.0 Å². The van der Waals surface area contributed by atoms with Crippen LogP contribution < -0.4 is 0 Å². The average Bonchev–Trinajstić information content (AvgIpc) is 3.02. The Morgan fingerprint density at radius 3 is 2.70 bits per heavy atom. The summed E-state index contributed by atoms with van der Waals surface area (Å²) in [7, 11) is 1.63. The summed E-state index contributed by atoms with van der Waals surface area (Å²) in [6.45, 7) is 7.72. The van der Waals surface area contributed by atoms with Crippen LogP contribution in [-0.2, 0) is 16.7 Å². The van der Waals surface area contributed by atoms with E-state index in [-0.39, 0.29) is 11.3 Å². The number of ether oxygens (including phenoxy) is 1. The Morgan fingerprint density at radius 2 is 2.13 bits per heavy atom. The van der Waals surface area contributed by atoms with E-state index in [1.165, 1.54) is 11.3 Å². The van der Waals surface area contributed by atoms with Gasteiger partial charge in [-0.1, -0.05) is 26.8 Å². The molecule has 6 heteroatoms. The van der Waals surface area contributed by atoms with Crippen LogP contribution in [0.4, 0.5) is 0 Å². The molecule has 124 valence electrons. The maximum Gasteiger partial charge on any atom is 0.273 e. The SMILES string of the molecule is COCCN(Cc1ccccn1)C(=O)c1csc(C(C)(C)C)n1. The molecule has 0 saturated heterocycles. The molecule has 23 heavy (non-hydrogen) atoms. The minimum atomic E-state index is -0.0838. The molecule has 0 unspecified atom stereocenters. The van der Waals surface area contributed by atoms with Gasteiger partial charge in [-0.15, -0.1) is 11.3 Å². The highest BCUT2D eigenvalue weighted by molar-refractivity contribution is 7.10. The Bertz CT molecular complexity index is 635. The zero-order chi connectivity index (χ0) is 16.9. The maximum absolute atomic E-state index is 12.8. The second-order valence-electron chi connectivity index (χ2n) is 6.33. The summed E-state index contributed by atoms with van der Waals surface area (Å²) in [5, 5.41) is 2.80. The quantitative estimate of drug-likeness (QED) is 0.815. The van der Waals surface area contributed by atoms with Crippen LogP contribution >= 0.6 is 11.3 Å². The summed E-state index contributed by atoms with van der Waals surface area (Å²) >= 11 is 1.53. The summed E-state index contributed by atoms with van der Waals surface area (Å²) in [5.74, 6) is -0.0838. The van der Waals surface area contributed by atoms with Crippen molar-refractivity contribution in [2.24, 2.45) is 0 Å². The number of methoxy groups -OCH3 is 1. The first kappa shape index (κ1) is 17.6. The zero-order valence-corrected chi connectivity index (χ0v) is 14.9. The van der Waals surface area contributed by atoms with Gasteiger partial charge in [0.25, 0.3) is 5.91 Å². The molecule has 0 aliphatic rings.